The Morgan fingerprint density at radius 2 is 1.79 bits per heavy atom. The first kappa shape index (κ1) is 17.5. The van der Waals surface area contributed by atoms with Gasteiger partial charge in [0.25, 0.3) is 0 Å². The molecule has 0 saturated heterocycles. The summed E-state index contributed by atoms with van der Waals surface area (Å²) in [6.45, 7) is 5.47. The number of rotatable bonds is 10. The maximum atomic E-state index is 11.3. The average molecular weight is 294 g/mol. The normalized spacial score (nSPS) is 13.3. The first-order chi connectivity index (χ1) is 8.78. The predicted octanol–water partition coefficient (Wildman–Crippen LogP) is 0.880. The van der Waals surface area contributed by atoms with Crippen molar-refractivity contribution in [3.8, 4) is 0 Å². The molecule has 0 amide bonds. The molecule has 1 atom stereocenters. The van der Waals surface area contributed by atoms with E-state index in [1.807, 2.05) is 0 Å². The van der Waals surface area contributed by atoms with Crippen molar-refractivity contribution in [2.24, 2.45) is 0 Å². The molecule has 0 aromatic carbocycles. The average Bonchev–Trinajstić information content (AvgIpc) is 2.33. The molecule has 9 heteroatoms. The molecule has 0 saturated carbocycles. The van der Waals surface area contributed by atoms with Crippen molar-refractivity contribution in [2.75, 3.05) is 19.8 Å². The fourth-order valence-corrected chi connectivity index (χ4v) is 1.48. The van der Waals surface area contributed by atoms with Gasteiger partial charge in [-0.2, -0.15) is 0 Å². The highest BCUT2D eigenvalue weighted by atomic mass is 31.2. The van der Waals surface area contributed by atoms with Crippen molar-refractivity contribution in [1.29, 1.82) is 0 Å². The molecule has 108 valence electrons. The van der Waals surface area contributed by atoms with Crippen LogP contribution in [0.3, 0.4) is 0 Å². The topological polar surface area (TPSA) is 119 Å². The first-order valence-corrected chi connectivity index (χ1v) is 6.60. The maximum Gasteiger partial charge on any atom is 0.472 e. The molecule has 0 heterocycles. The van der Waals surface area contributed by atoms with E-state index in [1.54, 1.807) is 0 Å². The Morgan fingerprint density at radius 3 is 2.32 bits per heavy atom. The van der Waals surface area contributed by atoms with Crippen LogP contribution in [0.2, 0.25) is 0 Å². The van der Waals surface area contributed by atoms with Crippen LogP contribution in [0.1, 0.15) is 6.42 Å². The highest BCUT2D eigenvalue weighted by Crippen LogP contribution is 2.43. The van der Waals surface area contributed by atoms with Crippen LogP contribution in [0.15, 0.2) is 24.8 Å². The summed E-state index contributed by atoms with van der Waals surface area (Å²) in [4.78, 5) is 30.2. The maximum absolute atomic E-state index is 11.3. The highest BCUT2D eigenvalue weighted by molar-refractivity contribution is 7.47. The van der Waals surface area contributed by atoms with Crippen molar-refractivity contribution >= 4 is 19.8 Å². The Hall–Kier alpha value is -1.47. The zero-order chi connectivity index (χ0) is 14.9. The lowest BCUT2D eigenvalue weighted by atomic mass is 10.2. The van der Waals surface area contributed by atoms with E-state index in [0.717, 1.165) is 6.08 Å². The van der Waals surface area contributed by atoms with Crippen LogP contribution in [0, 0.1) is 0 Å². The summed E-state index contributed by atoms with van der Waals surface area (Å²) in [7, 11) is -4.30. The van der Waals surface area contributed by atoms with E-state index in [1.165, 1.54) is 0 Å². The number of phosphoric ester groups is 1. The van der Waals surface area contributed by atoms with Crippen LogP contribution in [-0.2, 0) is 27.9 Å². The van der Waals surface area contributed by atoms with Gasteiger partial charge in [-0.05, 0) is 0 Å². The van der Waals surface area contributed by atoms with Crippen molar-refractivity contribution in [3.05, 3.63) is 24.8 Å². The smallest absolute Gasteiger partial charge is 0.472 e. The Kier molecular flexibility index (Phi) is 7.94. The monoisotopic (exact) mass is 294 g/mol. The zero-order valence-corrected chi connectivity index (χ0v) is 11.0. The molecular formula is C10H15O8P. The van der Waals surface area contributed by atoms with E-state index in [9.17, 15) is 14.2 Å². The number of carboxylic acid groups (broad SMARTS) is 1. The second-order valence-corrected chi connectivity index (χ2v) is 4.62. The molecule has 0 aromatic heterocycles. The van der Waals surface area contributed by atoms with E-state index in [0.29, 0.717) is 0 Å². The number of carbonyl (C=O) groups is 2. The molecule has 0 spiro atoms. The van der Waals surface area contributed by atoms with E-state index in [4.69, 9.17) is 10.00 Å². The quantitative estimate of drug-likeness (QED) is 0.264. The van der Waals surface area contributed by atoms with Gasteiger partial charge in [0.05, 0.1) is 13.2 Å². The van der Waals surface area contributed by atoms with Crippen LogP contribution in [0.5, 0.6) is 0 Å². The molecule has 2 N–H and O–H groups in total. The second-order valence-electron chi connectivity index (χ2n) is 3.17. The number of ether oxygens (including phenoxy) is 1. The van der Waals surface area contributed by atoms with Crippen molar-refractivity contribution in [2.45, 2.75) is 6.42 Å². The third-order valence-electron chi connectivity index (χ3n) is 1.71. The third-order valence-corrected chi connectivity index (χ3v) is 2.73. The Labute approximate surface area is 109 Å². The second kappa shape index (κ2) is 8.60. The number of carbonyl (C=O) groups excluding carboxylic acids is 1. The van der Waals surface area contributed by atoms with Crippen molar-refractivity contribution < 1.29 is 37.9 Å². The van der Waals surface area contributed by atoms with Gasteiger partial charge in [0, 0.05) is 18.1 Å². The fraction of sp³-hybridized carbons (Fsp3) is 0.400. The minimum atomic E-state index is -4.30. The van der Waals surface area contributed by atoms with Crippen LogP contribution in [0.4, 0.5) is 0 Å². The first-order valence-electron chi connectivity index (χ1n) is 5.10. The largest absolute Gasteiger partial charge is 0.478 e. The van der Waals surface area contributed by atoms with Gasteiger partial charge in [0.1, 0.15) is 6.61 Å². The molecule has 0 aromatic rings. The highest BCUT2D eigenvalue weighted by Gasteiger charge is 2.21. The lowest BCUT2D eigenvalue weighted by Crippen LogP contribution is -2.09. The molecule has 0 radical (unpaired) electrons. The number of phosphoric acid groups is 1. The molecule has 19 heavy (non-hydrogen) atoms. The lowest BCUT2D eigenvalue weighted by molar-refractivity contribution is -0.138. The summed E-state index contributed by atoms with van der Waals surface area (Å²) in [6.07, 6.45) is 0.821. The molecule has 0 aliphatic heterocycles. The van der Waals surface area contributed by atoms with Gasteiger partial charge in [0.2, 0.25) is 0 Å². The molecule has 0 rings (SSSR count). The van der Waals surface area contributed by atoms with Gasteiger partial charge in [-0.1, -0.05) is 13.2 Å². The molecule has 0 aliphatic rings. The summed E-state index contributed by atoms with van der Waals surface area (Å²) < 4.78 is 24.7. The molecule has 8 nitrogen and oxygen atoms in total. The zero-order valence-electron chi connectivity index (χ0n) is 10.1. The number of hydrogen-bond acceptors (Lipinski definition) is 6. The Bertz CT molecular complexity index is 402. The third kappa shape index (κ3) is 9.15. The molecule has 0 fully saturated rings. The van der Waals surface area contributed by atoms with Gasteiger partial charge in [0.15, 0.2) is 0 Å². The molecule has 0 bridgehead atoms. The van der Waals surface area contributed by atoms with E-state index in [-0.39, 0.29) is 31.8 Å². The number of hydrogen-bond donors (Lipinski definition) is 2. The lowest BCUT2D eigenvalue weighted by Gasteiger charge is -2.11. The van der Waals surface area contributed by atoms with Crippen molar-refractivity contribution in [1.82, 2.24) is 0 Å². The Morgan fingerprint density at radius 1 is 1.21 bits per heavy atom. The van der Waals surface area contributed by atoms with E-state index in [2.05, 4.69) is 26.9 Å². The van der Waals surface area contributed by atoms with Crippen LogP contribution in [-0.4, -0.2) is 41.8 Å². The SMILES string of the molecule is C=CC(=O)OCCOP(=O)(O)OCCC(=C)C(=O)O. The summed E-state index contributed by atoms with van der Waals surface area (Å²) in [5, 5.41) is 8.49. The fourth-order valence-electron chi connectivity index (χ4n) is 0.782. The minimum absolute atomic E-state index is 0.116. The van der Waals surface area contributed by atoms with Crippen LogP contribution < -0.4 is 0 Å². The number of esters is 1. The molecular weight excluding hydrogens is 279 g/mol. The van der Waals surface area contributed by atoms with Crippen molar-refractivity contribution in [3.63, 3.8) is 0 Å². The summed E-state index contributed by atoms with van der Waals surface area (Å²) in [5.74, 6) is -1.90. The molecule has 1 unspecified atom stereocenters. The van der Waals surface area contributed by atoms with Gasteiger partial charge in [-0.15, -0.1) is 0 Å². The number of carboxylic acids is 1. The summed E-state index contributed by atoms with van der Waals surface area (Å²) in [6, 6.07) is 0. The van der Waals surface area contributed by atoms with Gasteiger partial charge in [-0.25, -0.2) is 14.2 Å². The van der Waals surface area contributed by atoms with Crippen LogP contribution >= 0.6 is 7.82 Å². The van der Waals surface area contributed by atoms with E-state index < -0.39 is 19.8 Å². The molecule has 0 aliphatic carbocycles. The van der Waals surface area contributed by atoms with Gasteiger partial charge < -0.3 is 14.7 Å². The van der Waals surface area contributed by atoms with Crippen LogP contribution in [0.25, 0.3) is 0 Å². The summed E-state index contributed by atoms with van der Waals surface area (Å²) in [5.41, 5.74) is -0.153. The number of aliphatic carboxylic acids is 1. The Balaban J connectivity index is 3.83. The van der Waals surface area contributed by atoms with E-state index >= 15 is 0 Å². The predicted molar refractivity (Wildman–Crippen MR) is 64.3 cm³/mol. The standard InChI is InChI=1S/C10H15O8P/c1-3-9(11)16-6-7-18-19(14,15)17-5-4-8(2)10(12)13/h3H,1-2,4-7H2,(H,12,13)(H,14,15). The van der Waals surface area contributed by atoms with Gasteiger partial charge >= 0.3 is 19.8 Å². The minimum Gasteiger partial charge on any atom is -0.478 e. The van der Waals surface area contributed by atoms with Gasteiger partial charge in [-0.3, -0.25) is 9.05 Å². The summed E-state index contributed by atoms with van der Waals surface area (Å²) >= 11 is 0.